The van der Waals surface area contributed by atoms with Crippen molar-refractivity contribution in [2.75, 3.05) is 0 Å². The lowest BCUT2D eigenvalue weighted by molar-refractivity contribution is 1.56. The summed E-state index contributed by atoms with van der Waals surface area (Å²) in [5.74, 6) is 0. The van der Waals surface area contributed by atoms with Crippen molar-refractivity contribution in [3.8, 4) is 0 Å². The second-order valence-corrected chi connectivity index (χ2v) is 2.07. The molecule has 8 heavy (non-hydrogen) atoms. The average Bonchev–Trinajstić information content (AvgIpc) is 1.83. The summed E-state index contributed by atoms with van der Waals surface area (Å²) in [6, 6.07) is 0. The first kappa shape index (κ1) is 7.95. The van der Waals surface area contributed by atoms with Crippen LogP contribution in [-0.4, -0.2) is 0 Å². The van der Waals surface area contributed by atoms with Gasteiger partial charge in [0.05, 0.1) is 0 Å². The first-order valence-corrected chi connectivity index (χ1v) is 3.62. The van der Waals surface area contributed by atoms with Gasteiger partial charge in [0.1, 0.15) is 0 Å². The molecule has 44 valence electrons. The van der Waals surface area contributed by atoms with Crippen LogP contribution >= 0.6 is 22.6 Å². The third-order valence-electron chi connectivity index (χ3n) is 0.667. The van der Waals surface area contributed by atoms with Crippen molar-refractivity contribution in [2.24, 2.45) is 0 Å². The smallest absolute Gasteiger partial charge is 0.0204 e. The van der Waals surface area contributed by atoms with Crippen LogP contribution in [0.4, 0.5) is 0 Å². The van der Waals surface area contributed by atoms with Crippen LogP contribution in [0.25, 0.3) is 0 Å². The van der Waals surface area contributed by atoms with Gasteiger partial charge in [-0.2, -0.15) is 0 Å². The standard InChI is InChI=1S/C7H9I/c1-3-4-5-7(2)6-8/h3-6H,1H2,2H3/b5-4-,7-6-. The second kappa shape index (κ2) is 5.09. The molecule has 0 bridgehead atoms. The number of hydrogen-bond donors (Lipinski definition) is 0. The van der Waals surface area contributed by atoms with Gasteiger partial charge in [0.25, 0.3) is 0 Å². The Hall–Kier alpha value is -0.0500. The van der Waals surface area contributed by atoms with Crippen molar-refractivity contribution in [2.45, 2.75) is 6.92 Å². The molecule has 0 atom stereocenters. The van der Waals surface area contributed by atoms with E-state index >= 15 is 0 Å². The predicted octanol–water partition coefficient (Wildman–Crippen LogP) is 3.07. The predicted molar refractivity (Wildman–Crippen MR) is 47.1 cm³/mol. The Balaban J connectivity index is 3.69. The third-order valence-corrected chi connectivity index (χ3v) is 1.65. The molecule has 0 N–H and O–H groups in total. The van der Waals surface area contributed by atoms with E-state index in [1.807, 2.05) is 23.2 Å². The molecule has 0 radical (unpaired) electrons. The van der Waals surface area contributed by atoms with E-state index in [1.165, 1.54) is 5.57 Å². The van der Waals surface area contributed by atoms with Gasteiger partial charge >= 0.3 is 0 Å². The minimum absolute atomic E-state index is 1.26. The zero-order valence-electron chi connectivity index (χ0n) is 4.89. The fourth-order valence-electron chi connectivity index (χ4n) is 0.256. The van der Waals surface area contributed by atoms with Crippen molar-refractivity contribution < 1.29 is 0 Å². The van der Waals surface area contributed by atoms with E-state index in [2.05, 4.69) is 29.2 Å². The molecule has 0 aromatic rings. The van der Waals surface area contributed by atoms with Crippen LogP contribution in [0.1, 0.15) is 6.92 Å². The Bertz CT molecular complexity index is 120. The zero-order chi connectivity index (χ0) is 6.41. The van der Waals surface area contributed by atoms with Gasteiger partial charge in [0.2, 0.25) is 0 Å². The van der Waals surface area contributed by atoms with Crippen molar-refractivity contribution in [1.29, 1.82) is 0 Å². The summed E-state index contributed by atoms with van der Waals surface area (Å²) in [5.41, 5.74) is 1.26. The highest BCUT2D eigenvalue weighted by Crippen LogP contribution is 1.98. The fourth-order valence-corrected chi connectivity index (χ4v) is 0.464. The molecule has 0 unspecified atom stereocenters. The monoisotopic (exact) mass is 220 g/mol. The van der Waals surface area contributed by atoms with Crippen LogP contribution in [0.15, 0.2) is 34.5 Å². The van der Waals surface area contributed by atoms with Crippen LogP contribution in [0.5, 0.6) is 0 Å². The Kier molecular flexibility index (Phi) is 5.06. The molecule has 1 heteroatoms. The van der Waals surface area contributed by atoms with Gasteiger partial charge in [-0.15, -0.1) is 0 Å². The molecule has 0 heterocycles. The van der Waals surface area contributed by atoms with Crippen LogP contribution < -0.4 is 0 Å². The van der Waals surface area contributed by atoms with Gasteiger partial charge < -0.3 is 0 Å². The van der Waals surface area contributed by atoms with E-state index in [4.69, 9.17) is 0 Å². The van der Waals surface area contributed by atoms with Gasteiger partial charge in [0, 0.05) is 0 Å². The SMILES string of the molecule is C=C/C=C\C(C)=C/I. The lowest BCUT2D eigenvalue weighted by Crippen LogP contribution is -1.59. The quantitative estimate of drug-likeness (QED) is 0.495. The highest BCUT2D eigenvalue weighted by molar-refractivity contribution is 14.1. The number of allylic oxidation sites excluding steroid dienone is 4. The van der Waals surface area contributed by atoms with E-state index in [1.54, 1.807) is 6.08 Å². The molecule has 0 aliphatic carbocycles. The van der Waals surface area contributed by atoms with Crippen LogP contribution in [0, 0.1) is 0 Å². The topological polar surface area (TPSA) is 0 Å². The van der Waals surface area contributed by atoms with Crippen molar-refractivity contribution >= 4 is 22.6 Å². The summed E-state index contributed by atoms with van der Waals surface area (Å²) >= 11 is 2.21. The highest BCUT2D eigenvalue weighted by Gasteiger charge is 1.72. The van der Waals surface area contributed by atoms with Crippen molar-refractivity contribution in [3.63, 3.8) is 0 Å². The van der Waals surface area contributed by atoms with Gasteiger partial charge in [-0.3, -0.25) is 0 Å². The van der Waals surface area contributed by atoms with Crippen LogP contribution in [0.3, 0.4) is 0 Å². The summed E-state index contributed by atoms with van der Waals surface area (Å²) in [7, 11) is 0. The van der Waals surface area contributed by atoms with E-state index in [-0.39, 0.29) is 0 Å². The molecule has 0 nitrogen and oxygen atoms in total. The molecular formula is C7H9I. The third kappa shape index (κ3) is 4.12. The van der Waals surface area contributed by atoms with Crippen LogP contribution in [-0.2, 0) is 0 Å². The Labute approximate surface area is 64.1 Å². The summed E-state index contributed by atoms with van der Waals surface area (Å²) < 4.78 is 2.03. The molecule has 0 aromatic carbocycles. The lowest BCUT2D eigenvalue weighted by Gasteiger charge is -1.81. The summed E-state index contributed by atoms with van der Waals surface area (Å²) in [5, 5.41) is 0. The fraction of sp³-hybridized carbons (Fsp3) is 0.143. The maximum absolute atomic E-state index is 3.55. The maximum atomic E-state index is 3.55. The van der Waals surface area contributed by atoms with Gasteiger partial charge in [-0.05, 0) is 16.6 Å². The van der Waals surface area contributed by atoms with E-state index in [0.717, 1.165) is 0 Å². The van der Waals surface area contributed by atoms with Crippen LogP contribution in [0.2, 0.25) is 0 Å². The molecule has 0 spiro atoms. The first-order chi connectivity index (χ1) is 3.81. The largest absolute Gasteiger partial charge is 0.0991 e. The average molecular weight is 220 g/mol. The summed E-state index contributed by atoms with van der Waals surface area (Å²) in [4.78, 5) is 0. The lowest BCUT2D eigenvalue weighted by atomic mass is 10.3. The first-order valence-electron chi connectivity index (χ1n) is 2.37. The normalized spacial score (nSPS) is 12.5. The Morgan fingerprint density at radius 1 is 1.62 bits per heavy atom. The molecular weight excluding hydrogens is 211 g/mol. The van der Waals surface area contributed by atoms with Gasteiger partial charge in [-0.25, -0.2) is 0 Å². The molecule has 0 aromatic heterocycles. The Morgan fingerprint density at radius 2 is 2.25 bits per heavy atom. The highest BCUT2D eigenvalue weighted by atomic mass is 127. The maximum Gasteiger partial charge on any atom is -0.0204 e. The van der Waals surface area contributed by atoms with E-state index in [9.17, 15) is 0 Å². The van der Waals surface area contributed by atoms with Gasteiger partial charge in [-0.1, -0.05) is 47.4 Å². The van der Waals surface area contributed by atoms with Gasteiger partial charge in [0.15, 0.2) is 0 Å². The molecule has 0 aliphatic rings. The minimum atomic E-state index is 1.26. The number of halogens is 1. The minimum Gasteiger partial charge on any atom is -0.0991 e. The molecule has 0 saturated carbocycles. The molecule has 0 amide bonds. The number of rotatable bonds is 2. The molecule has 0 rings (SSSR count). The summed E-state index contributed by atoms with van der Waals surface area (Å²) in [6.45, 7) is 5.60. The molecule has 0 saturated heterocycles. The summed E-state index contributed by atoms with van der Waals surface area (Å²) in [6.07, 6.45) is 5.70. The van der Waals surface area contributed by atoms with E-state index < -0.39 is 0 Å². The zero-order valence-corrected chi connectivity index (χ0v) is 7.05. The van der Waals surface area contributed by atoms with Crippen molar-refractivity contribution in [3.05, 3.63) is 34.5 Å². The molecule has 0 aliphatic heterocycles. The number of hydrogen-bond acceptors (Lipinski definition) is 0. The Morgan fingerprint density at radius 3 is 2.62 bits per heavy atom. The van der Waals surface area contributed by atoms with E-state index in [0.29, 0.717) is 0 Å². The second-order valence-electron chi connectivity index (χ2n) is 1.45. The van der Waals surface area contributed by atoms with Crippen molar-refractivity contribution in [1.82, 2.24) is 0 Å². The molecule has 0 fully saturated rings.